The number of aliphatic hydroxyl groups excluding tert-OH is 1. The molecule has 0 radical (unpaired) electrons. The molecule has 4 nitrogen and oxygen atoms in total. The van der Waals surface area contributed by atoms with Gasteiger partial charge in [-0.3, -0.25) is 4.90 Å². The van der Waals surface area contributed by atoms with Gasteiger partial charge in [-0.1, -0.05) is 42.0 Å². The summed E-state index contributed by atoms with van der Waals surface area (Å²) in [4.78, 5) is 2.14. The summed E-state index contributed by atoms with van der Waals surface area (Å²) >= 11 is 0. The average molecular weight is 307 g/mol. The highest BCUT2D eigenvalue weighted by molar-refractivity contribution is 7.91. The van der Waals surface area contributed by atoms with E-state index in [9.17, 15) is 13.5 Å². The average Bonchev–Trinajstić information content (AvgIpc) is 2.74. The number of sulfone groups is 1. The number of hydrogen-bond acceptors (Lipinski definition) is 4. The van der Waals surface area contributed by atoms with E-state index in [-0.39, 0.29) is 17.5 Å². The molecule has 0 aromatic heterocycles. The van der Waals surface area contributed by atoms with Crippen molar-refractivity contribution in [3.05, 3.63) is 41.5 Å². The van der Waals surface area contributed by atoms with E-state index >= 15 is 0 Å². The molecule has 2 unspecified atom stereocenters. The summed E-state index contributed by atoms with van der Waals surface area (Å²) in [5.41, 5.74) is 2.61. The molecule has 0 amide bonds. The van der Waals surface area contributed by atoms with Gasteiger partial charge in [0.2, 0.25) is 0 Å². The van der Waals surface area contributed by atoms with Gasteiger partial charge in [0.15, 0.2) is 9.84 Å². The van der Waals surface area contributed by atoms with Crippen LogP contribution in [0.15, 0.2) is 35.9 Å². The Labute approximate surface area is 126 Å². The van der Waals surface area contributed by atoms with Gasteiger partial charge in [-0.05, 0) is 18.4 Å². The third-order valence-electron chi connectivity index (χ3n) is 4.37. The fourth-order valence-corrected chi connectivity index (χ4v) is 5.06. The van der Waals surface area contributed by atoms with Crippen LogP contribution in [0.4, 0.5) is 0 Å². The van der Waals surface area contributed by atoms with Gasteiger partial charge in [-0.2, -0.15) is 0 Å². The monoisotopic (exact) mass is 307 g/mol. The summed E-state index contributed by atoms with van der Waals surface area (Å²) in [7, 11) is -3.06. The van der Waals surface area contributed by atoms with E-state index in [4.69, 9.17) is 0 Å². The Hall–Kier alpha value is -1.17. The summed E-state index contributed by atoms with van der Waals surface area (Å²) in [5.74, 6) is 0.0206. The molecule has 2 fully saturated rings. The van der Waals surface area contributed by atoms with Crippen LogP contribution >= 0.6 is 0 Å². The Bertz CT molecular complexity index is 614. The topological polar surface area (TPSA) is 57.6 Å². The second-order valence-electron chi connectivity index (χ2n) is 5.96. The summed E-state index contributed by atoms with van der Waals surface area (Å²) < 4.78 is 23.2. The predicted octanol–water partition coefficient (Wildman–Crippen LogP) is 1.32. The van der Waals surface area contributed by atoms with Gasteiger partial charge in [-0.25, -0.2) is 8.42 Å². The lowest BCUT2D eigenvalue weighted by atomic mass is 9.99. The molecule has 5 heteroatoms. The first-order valence-electron chi connectivity index (χ1n) is 7.40. The highest BCUT2D eigenvalue weighted by atomic mass is 32.2. The maximum atomic E-state index is 11.6. The lowest BCUT2D eigenvalue weighted by Crippen LogP contribution is -2.46. The summed E-state index contributed by atoms with van der Waals surface area (Å²) in [6.45, 7) is 1.66. The first-order chi connectivity index (χ1) is 10.0. The molecule has 0 bridgehead atoms. The van der Waals surface area contributed by atoms with Crippen molar-refractivity contribution >= 4 is 15.9 Å². The first kappa shape index (κ1) is 14.8. The number of hydrogen-bond donors (Lipinski definition) is 1. The molecule has 0 aliphatic carbocycles. The highest BCUT2D eigenvalue weighted by Crippen LogP contribution is 2.25. The van der Waals surface area contributed by atoms with Gasteiger partial charge in [0.25, 0.3) is 0 Å². The molecule has 114 valence electrons. The lowest BCUT2D eigenvalue weighted by Gasteiger charge is -2.34. The maximum absolute atomic E-state index is 11.6. The van der Waals surface area contributed by atoms with Crippen LogP contribution in [0.5, 0.6) is 0 Å². The van der Waals surface area contributed by atoms with Crippen molar-refractivity contribution in [1.29, 1.82) is 0 Å². The van der Waals surface area contributed by atoms with Crippen LogP contribution in [0.3, 0.4) is 0 Å². The van der Waals surface area contributed by atoms with Crippen molar-refractivity contribution in [3.63, 3.8) is 0 Å². The number of rotatable bonds is 2. The van der Waals surface area contributed by atoms with E-state index < -0.39 is 15.9 Å². The molecule has 0 spiro atoms. The third-order valence-corrected chi connectivity index (χ3v) is 6.07. The number of likely N-dealkylation sites (tertiary alicyclic amines) is 1. The Morgan fingerprint density at radius 1 is 1.10 bits per heavy atom. The number of benzene rings is 1. The molecular formula is C16H21NO3S. The van der Waals surface area contributed by atoms with Crippen LogP contribution in [0.2, 0.25) is 0 Å². The first-order valence-corrected chi connectivity index (χ1v) is 9.23. The predicted molar refractivity (Wildman–Crippen MR) is 83.7 cm³/mol. The normalized spacial score (nSPS) is 29.5. The van der Waals surface area contributed by atoms with Crippen molar-refractivity contribution in [2.45, 2.75) is 25.0 Å². The van der Waals surface area contributed by atoms with Crippen LogP contribution in [0.1, 0.15) is 18.4 Å². The van der Waals surface area contributed by atoms with Gasteiger partial charge < -0.3 is 5.11 Å². The van der Waals surface area contributed by atoms with Crippen molar-refractivity contribution in [2.75, 3.05) is 24.6 Å². The molecule has 2 heterocycles. The standard InChI is InChI=1S/C16H21NO3S/c18-16-12-21(19,20)11-15(16)17-8-6-14(7-9-17)10-13-4-2-1-3-5-13/h1-5,10,15-16,18H,6-9,11-12H2. The quantitative estimate of drug-likeness (QED) is 0.895. The van der Waals surface area contributed by atoms with Gasteiger partial charge in [0.1, 0.15) is 0 Å². The smallest absolute Gasteiger partial charge is 0.154 e. The second kappa shape index (κ2) is 5.91. The largest absolute Gasteiger partial charge is 0.390 e. The van der Waals surface area contributed by atoms with Gasteiger partial charge in [0, 0.05) is 13.1 Å². The van der Waals surface area contributed by atoms with Gasteiger partial charge >= 0.3 is 0 Å². The van der Waals surface area contributed by atoms with E-state index in [0.29, 0.717) is 0 Å². The molecule has 0 saturated carbocycles. The molecule has 2 aliphatic rings. The number of aliphatic hydroxyl groups is 1. The molecule has 3 rings (SSSR count). The van der Waals surface area contributed by atoms with E-state index in [1.165, 1.54) is 11.1 Å². The highest BCUT2D eigenvalue weighted by Gasteiger charge is 2.40. The summed E-state index contributed by atoms with van der Waals surface area (Å²) in [5, 5.41) is 9.94. The Morgan fingerprint density at radius 3 is 2.33 bits per heavy atom. The van der Waals surface area contributed by atoms with Crippen molar-refractivity contribution < 1.29 is 13.5 Å². The minimum atomic E-state index is -3.06. The fourth-order valence-electron chi connectivity index (χ4n) is 3.23. The SMILES string of the molecule is O=S1(=O)CC(O)C(N2CCC(=Cc3ccccc3)CC2)C1. The van der Waals surface area contributed by atoms with Crippen LogP contribution in [0, 0.1) is 0 Å². The molecular weight excluding hydrogens is 286 g/mol. The minimum Gasteiger partial charge on any atom is -0.390 e. The third kappa shape index (κ3) is 3.54. The zero-order valence-electron chi connectivity index (χ0n) is 12.0. The van der Waals surface area contributed by atoms with E-state index in [2.05, 4.69) is 23.1 Å². The Kier molecular flexibility index (Phi) is 4.15. The number of nitrogens with zero attached hydrogens (tertiary/aromatic N) is 1. The maximum Gasteiger partial charge on any atom is 0.154 e. The molecule has 1 aromatic rings. The zero-order valence-corrected chi connectivity index (χ0v) is 12.8. The molecule has 21 heavy (non-hydrogen) atoms. The fraction of sp³-hybridized carbons (Fsp3) is 0.500. The zero-order chi connectivity index (χ0) is 14.9. The van der Waals surface area contributed by atoms with Gasteiger partial charge in [-0.15, -0.1) is 0 Å². The van der Waals surface area contributed by atoms with Crippen LogP contribution in [-0.4, -0.2) is 55.2 Å². The van der Waals surface area contributed by atoms with Gasteiger partial charge in [0.05, 0.1) is 23.7 Å². The van der Waals surface area contributed by atoms with Crippen molar-refractivity contribution in [1.82, 2.24) is 4.90 Å². The lowest BCUT2D eigenvalue weighted by molar-refractivity contribution is 0.0781. The van der Waals surface area contributed by atoms with Crippen LogP contribution in [0.25, 0.3) is 6.08 Å². The second-order valence-corrected chi connectivity index (χ2v) is 8.11. The van der Waals surface area contributed by atoms with E-state index in [1.807, 2.05) is 18.2 Å². The van der Waals surface area contributed by atoms with Crippen molar-refractivity contribution in [2.24, 2.45) is 0 Å². The van der Waals surface area contributed by atoms with Crippen LogP contribution in [-0.2, 0) is 9.84 Å². The summed E-state index contributed by atoms with van der Waals surface area (Å²) in [6, 6.07) is 10.0. The molecule has 1 aromatic carbocycles. The Morgan fingerprint density at radius 2 is 1.76 bits per heavy atom. The van der Waals surface area contributed by atoms with E-state index in [1.54, 1.807) is 0 Å². The minimum absolute atomic E-state index is 0.0825. The van der Waals surface area contributed by atoms with Crippen molar-refractivity contribution in [3.8, 4) is 0 Å². The Balaban J connectivity index is 1.62. The van der Waals surface area contributed by atoms with E-state index in [0.717, 1.165) is 25.9 Å². The molecule has 1 N–H and O–H groups in total. The molecule has 2 saturated heterocycles. The molecule has 2 atom stereocenters. The number of piperidine rings is 1. The van der Waals surface area contributed by atoms with Crippen LogP contribution < -0.4 is 0 Å². The summed E-state index contributed by atoms with van der Waals surface area (Å²) in [6.07, 6.45) is 3.38. The molecule has 2 aliphatic heterocycles.